The van der Waals surface area contributed by atoms with Gasteiger partial charge in [-0.2, -0.15) is 0 Å². The van der Waals surface area contributed by atoms with Crippen LogP contribution in [0.5, 0.6) is 0 Å². The summed E-state index contributed by atoms with van der Waals surface area (Å²) in [5.74, 6) is 5.22. The Morgan fingerprint density at radius 2 is 2.27 bits per heavy atom. The molecule has 3 atom stereocenters. The van der Waals surface area contributed by atoms with Crippen LogP contribution in [0.4, 0.5) is 0 Å². The van der Waals surface area contributed by atoms with Crippen molar-refractivity contribution in [3.05, 3.63) is 32.6 Å². The van der Waals surface area contributed by atoms with Crippen molar-refractivity contribution in [3.8, 4) is 11.8 Å². The maximum Gasteiger partial charge on any atom is 0.330 e. The van der Waals surface area contributed by atoms with E-state index in [0.717, 1.165) is 0 Å². The van der Waals surface area contributed by atoms with Gasteiger partial charge in [-0.05, 0) is 0 Å². The lowest BCUT2D eigenvalue weighted by Gasteiger charge is -2.16. The van der Waals surface area contributed by atoms with Crippen LogP contribution in [0.1, 0.15) is 18.2 Å². The lowest BCUT2D eigenvalue weighted by Crippen LogP contribution is -2.33. The second-order valence-electron chi connectivity index (χ2n) is 4.81. The minimum atomic E-state index is -0.554. The first-order chi connectivity index (χ1) is 10.6. The summed E-state index contributed by atoms with van der Waals surface area (Å²) in [6, 6.07) is 0. The van der Waals surface area contributed by atoms with Crippen LogP contribution in [0.25, 0.3) is 0 Å². The molecule has 1 fully saturated rings. The zero-order chi connectivity index (χ0) is 16.1. The first-order valence-corrected chi connectivity index (χ1v) is 6.82. The number of nitrogens with one attached hydrogen (secondary N) is 1. The number of H-pyrrole nitrogens is 1. The molecule has 0 amide bonds. The maximum atomic E-state index is 12.0. The van der Waals surface area contributed by atoms with Gasteiger partial charge in [0.2, 0.25) is 0 Å². The molecule has 1 saturated heterocycles. The van der Waals surface area contributed by atoms with Gasteiger partial charge in [0.05, 0.1) is 19.3 Å². The highest BCUT2D eigenvalue weighted by molar-refractivity contribution is 5.29. The molecule has 1 aliphatic heterocycles. The fraction of sp³-hybridized carbons (Fsp3) is 0.571. The molecule has 3 N–H and O–H groups in total. The van der Waals surface area contributed by atoms with Gasteiger partial charge in [-0.1, -0.05) is 11.8 Å². The fourth-order valence-electron chi connectivity index (χ4n) is 2.37. The number of aromatic nitrogens is 2. The van der Waals surface area contributed by atoms with Gasteiger partial charge in [0.15, 0.2) is 0 Å². The summed E-state index contributed by atoms with van der Waals surface area (Å²) < 4.78 is 17.5. The number of hydrogen-bond donors (Lipinski definition) is 2. The van der Waals surface area contributed by atoms with Gasteiger partial charge in [-0.25, -0.2) is 4.79 Å². The van der Waals surface area contributed by atoms with Crippen molar-refractivity contribution in [2.45, 2.75) is 24.9 Å². The average Bonchev–Trinajstić information content (AvgIpc) is 2.89. The summed E-state index contributed by atoms with van der Waals surface area (Å²) in [5, 5.41) is 0. The molecule has 0 spiro atoms. The molecule has 0 aromatic carbocycles. The Bertz CT molecular complexity index is 684. The summed E-state index contributed by atoms with van der Waals surface area (Å²) in [5.41, 5.74) is 4.36. The van der Waals surface area contributed by atoms with Crippen LogP contribution in [-0.4, -0.2) is 49.1 Å². The molecule has 22 heavy (non-hydrogen) atoms. The molecular weight excluding hydrogens is 290 g/mol. The Labute approximate surface area is 127 Å². The minimum absolute atomic E-state index is 0.125. The van der Waals surface area contributed by atoms with Gasteiger partial charge in [0, 0.05) is 26.8 Å². The Morgan fingerprint density at radius 3 is 2.91 bits per heavy atom. The second kappa shape index (κ2) is 7.38. The van der Waals surface area contributed by atoms with E-state index in [1.807, 2.05) is 0 Å². The van der Waals surface area contributed by atoms with Crippen LogP contribution in [-0.2, 0) is 14.2 Å². The largest absolute Gasteiger partial charge is 0.382 e. The van der Waals surface area contributed by atoms with Crippen molar-refractivity contribution in [2.75, 3.05) is 27.4 Å². The summed E-state index contributed by atoms with van der Waals surface area (Å²) in [7, 11) is 3.14. The number of aromatic amines is 1. The van der Waals surface area contributed by atoms with Gasteiger partial charge in [-0.15, -0.1) is 0 Å². The van der Waals surface area contributed by atoms with E-state index in [2.05, 4.69) is 16.8 Å². The van der Waals surface area contributed by atoms with Crippen molar-refractivity contribution in [1.29, 1.82) is 0 Å². The number of nitrogens with two attached hydrogens (primary N) is 1. The zero-order valence-electron chi connectivity index (χ0n) is 12.5. The lowest BCUT2D eigenvalue weighted by atomic mass is 10.2. The van der Waals surface area contributed by atoms with Crippen LogP contribution in [0, 0.1) is 11.8 Å². The maximum absolute atomic E-state index is 12.0. The summed E-state index contributed by atoms with van der Waals surface area (Å²) in [6.07, 6.45) is 0.837. The number of nitrogens with zero attached hydrogens (tertiary/aromatic N) is 1. The van der Waals surface area contributed by atoms with E-state index in [1.54, 1.807) is 14.2 Å². The topological polar surface area (TPSA) is 109 Å². The highest BCUT2D eigenvalue weighted by Crippen LogP contribution is 2.29. The normalized spacial score (nSPS) is 24.0. The highest BCUT2D eigenvalue weighted by atomic mass is 16.6. The van der Waals surface area contributed by atoms with E-state index in [0.29, 0.717) is 13.0 Å². The smallest absolute Gasteiger partial charge is 0.330 e. The third kappa shape index (κ3) is 3.45. The number of methoxy groups -OCH3 is 2. The molecule has 0 radical (unpaired) electrons. The van der Waals surface area contributed by atoms with Crippen molar-refractivity contribution in [1.82, 2.24) is 9.55 Å². The monoisotopic (exact) mass is 309 g/mol. The zero-order valence-corrected chi connectivity index (χ0v) is 12.5. The molecule has 0 aliphatic carbocycles. The van der Waals surface area contributed by atoms with Gasteiger partial charge in [-0.3, -0.25) is 14.3 Å². The molecule has 0 unspecified atom stereocenters. The molecule has 1 aromatic rings. The highest BCUT2D eigenvalue weighted by Gasteiger charge is 2.36. The van der Waals surface area contributed by atoms with Gasteiger partial charge in [0.1, 0.15) is 17.9 Å². The standard InChI is InChI=1S/C14H19N3O5/c1-20-8-11-10(21-2)6-12(22-11)17-7-9(4-3-5-15)13(18)16-14(17)19/h7,10-12H,5-6,8,15H2,1-2H3,(H,16,18,19)/t10-,11-,12-/m1/s1. The van der Waals surface area contributed by atoms with E-state index >= 15 is 0 Å². The van der Waals surface area contributed by atoms with Crippen LogP contribution < -0.4 is 17.0 Å². The van der Waals surface area contributed by atoms with Crippen LogP contribution in [0.3, 0.4) is 0 Å². The van der Waals surface area contributed by atoms with E-state index in [-0.39, 0.29) is 24.3 Å². The molecule has 0 bridgehead atoms. The number of hydrogen-bond acceptors (Lipinski definition) is 6. The quantitative estimate of drug-likeness (QED) is 0.676. The summed E-state index contributed by atoms with van der Waals surface area (Å²) >= 11 is 0. The molecule has 2 heterocycles. The van der Waals surface area contributed by atoms with Crippen molar-refractivity contribution >= 4 is 0 Å². The van der Waals surface area contributed by atoms with Crippen LogP contribution in [0.2, 0.25) is 0 Å². The average molecular weight is 309 g/mol. The van der Waals surface area contributed by atoms with E-state index < -0.39 is 17.5 Å². The molecule has 8 nitrogen and oxygen atoms in total. The van der Waals surface area contributed by atoms with E-state index in [9.17, 15) is 9.59 Å². The lowest BCUT2D eigenvalue weighted by molar-refractivity contribution is -0.0618. The molecule has 2 rings (SSSR count). The Kier molecular flexibility index (Phi) is 5.51. The molecular formula is C14H19N3O5. The van der Waals surface area contributed by atoms with E-state index in [1.165, 1.54) is 10.8 Å². The molecule has 1 aliphatic rings. The van der Waals surface area contributed by atoms with Crippen molar-refractivity contribution in [3.63, 3.8) is 0 Å². The first kappa shape index (κ1) is 16.5. The van der Waals surface area contributed by atoms with Crippen molar-refractivity contribution in [2.24, 2.45) is 5.73 Å². The van der Waals surface area contributed by atoms with Crippen LogP contribution in [0.15, 0.2) is 15.8 Å². The van der Waals surface area contributed by atoms with Crippen molar-refractivity contribution < 1.29 is 14.2 Å². The Morgan fingerprint density at radius 1 is 1.50 bits per heavy atom. The number of rotatable bonds is 4. The fourth-order valence-corrected chi connectivity index (χ4v) is 2.37. The van der Waals surface area contributed by atoms with Gasteiger partial charge >= 0.3 is 5.69 Å². The molecule has 120 valence electrons. The minimum Gasteiger partial charge on any atom is -0.382 e. The first-order valence-electron chi connectivity index (χ1n) is 6.82. The summed E-state index contributed by atoms with van der Waals surface area (Å²) in [4.78, 5) is 25.9. The third-order valence-corrected chi connectivity index (χ3v) is 3.42. The van der Waals surface area contributed by atoms with E-state index in [4.69, 9.17) is 19.9 Å². The third-order valence-electron chi connectivity index (χ3n) is 3.42. The molecule has 0 saturated carbocycles. The summed E-state index contributed by atoms with van der Waals surface area (Å²) in [6.45, 7) is 0.479. The number of ether oxygens (including phenoxy) is 3. The Hall–Kier alpha value is -1.92. The predicted molar refractivity (Wildman–Crippen MR) is 78.5 cm³/mol. The molecule has 1 aromatic heterocycles. The van der Waals surface area contributed by atoms with Gasteiger partial charge in [0.25, 0.3) is 5.56 Å². The van der Waals surface area contributed by atoms with Gasteiger partial charge < -0.3 is 19.9 Å². The molecule has 8 heteroatoms. The predicted octanol–water partition coefficient (Wildman–Crippen LogP) is -1.20. The second-order valence-corrected chi connectivity index (χ2v) is 4.81. The SMILES string of the molecule is COC[C@H]1O[C@@H](n2cc(C#CCN)c(=O)[nH]c2=O)C[C@H]1OC. The Balaban J connectivity index is 2.33. The van der Waals surface area contributed by atoms with Crippen LogP contribution >= 0.6 is 0 Å².